The summed E-state index contributed by atoms with van der Waals surface area (Å²) in [5.74, 6) is 0.520. The van der Waals surface area contributed by atoms with E-state index in [1.807, 2.05) is 0 Å². The Hall–Kier alpha value is -1.76. The molecular formula is C7H9N5O2. The molecule has 0 aliphatic heterocycles. The first-order valence-electron chi connectivity index (χ1n) is 4.09. The SMILES string of the molecule is C[C@H](O)c1cn(Cc2ncon2)nn1. The van der Waals surface area contributed by atoms with Crippen molar-refractivity contribution in [1.29, 1.82) is 0 Å². The standard InChI is InChI=1S/C7H9N5O2/c1-5(13)6-2-12(11-9-6)3-7-8-4-14-10-7/h2,4-5,13H,3H2,1H3/t5-/m0/s1. The summed E-state index contributed by atoms with van der Waals surface area (Å²) >= 11 is 0. The second-order valence-electron chi connectivity index (χ2n) is 2.86. The molecule has 2 aromatic heterocycles. The van der Waals surface area contributed by atoms with Crippen molar-refractivity contribution in [2.24, 2.45) is 0 Å². The number of aromatic nitrogens is 5. The Balaban J connectivity index is 2.11. The molecule has 0 saturated heterocycles. The normalized spacial score (nSPS) is 13.0. The molecule has 0 unspecified atom stereocenters. The van der Waals surface area contributed by atoms with Gasteiger partial charge in [0, 0.05) is 0 Å². The van der Waals surface area contributed by atoms with Crippen LogP contribution >= 0.6 is 0 Å². The summed E-state index contributed by atoms with van der Waals surface area (Å²) in [5, 5.41) is 20.4. The molecule has 0 saturated carbocycles. The lowest BCUT2D eigenvalue weighted by Crippen LogP contribution is -2.01. The molecule has 0 bridgehead atoms. The average molecular weight is 195 g/mol. The highest BCUT2D eigenvalue weighted by molar-refractivity contribution is 4.96. The fraction of sp³-hybridized carbons (Fsp3) is 0.429. The molecule has 1 atom stereocenters. The quantitative estimate of drug-likeness (QED) is 0.727. The Morgan fingerprint density at radius 1 is 1.64 bits per heavy atom. The molecule has 2 rings (SSSR count). The maximum atomic E-state index is 9.20. The van der Waals surface area contributed by atoms with E-state index in [1.165, 1.54) is 11.1 Å². The minimum atomic E-state index is -0.617. The number of hydrogen-bond donors (Lipinski definition) is 1. The molecule has 2 aromatic rings. The third-order valence-electron chi connectivity index (χ3n) is 1.69. The van der Waals surface area contributed by atoms with E-state index >= 15 is 0 Å². The predicted octanol–water partition coefficient (Wildman–Crippen LogP) is -0.237. The maximum Gasteiger partial charge on any atom is 0.213 e. The van der Waals surface area contributed by atoms with E-state index in [-0.39, 0.29) is 0 Å². The zero-order valence-corrected chi connectivity index (χ0v) is 7.53. The monoisotopic (exact) mass is 195 g/mol. The first-order chi connectivity index (χ1) is 6.75. The lowest BCUT2D eigenvalue weighted by Gasteiger charge is -1.95. The predicted molar refractivity (Wildman–Crippen MR) is 44.1 cm³/mol. The van der Waals surface area contributed by atoms with E-state index in [0.717, 1.165) is 0 Å². The van der Waals surface area contributed by atoms with Gasteiger partial charge in [-0.05, 0) is 6.92 Å². The summed E-state index contributed by atoms with van der Waals surface area (Å²) in [6, 6.07) is 0. The molecule has 2 heterocycles. The van der Waals surface area contributed by atoms with Crippen LogP contribution in [-0.4, -0.2) is 30.2 Å². The molecule has 0 fully saturated rings. The van der Waals surface area contributed by atoms with Crippen LogP contribution in [0.25, 0.3) is 0 Å². The van der Waals surface area contributed by atoms with Crippen LogP contribution in [0.15, 0.2) is 17.1 Å². The van der Waals surface area contributed by atoms with Crippen LogP contribution in [0, 0.1) is 0 Å². The number of hydrogen-bond acceptors (Lipinski definition) is 6. The topological polar surface area (TPSA) is 89.9 Å². The summed E-state index contributed by atoms with van der Waals surface area (Å²) < 4.78 is 6.10. The van der Waals surface area contributed by atoms with Crippen molar-refractivity contribution >= 4 is 0 Å². The molecule has 0 spiro atoms. The second-order valence-corrected chi connectivity index (χ2v) is 2.86. The van der Waals surface area contributed by atoms with Gasteiger partial charge in [-0.2, -0.15) is 4.98 Å². The summed E-state index contributed by atoms with van der Waals surface area (Å²) in [6.45, 7) is 2.01. The van der Waals surface area contributed by atoms with Crippen molar-refractivity contribution in [3.8, 4) is 0 Å². The first kappa shape index (κ1) is 8.82. The van der Waals surface area contributed by atoms with Crippen LogP contribution in [0.4, 0.5) is 0 Å². The van der Waals surface area contributed by atoms with Crippen molar-refractivity contribution in [1.82, 2.24) is 25.1 Å². The van der Waals surface area contributed by atoms with E-state index < -0.39 is 6.10 Å². The minimum Gasteiger partial charge on any atom is -0.387 e. The van der Waals surface area contributed by atoms with Gasteiger partial charge in [-0.15, -0.1) is 5.10 Å². The van der Waals surface area contributed by atoms with Crippen LogP contribution < -0.4 is 0 Å². The van der Waals surface area contributed by atoms with E-state index in [1.54, 1.807) is 13.1 Å². The lowest BCUT2D eigenvalue weighted by molar-refractivity contribution is 0.194. The van der Waals surface area contributed by atoms with E-state index in [9.17, 15) is 5.11 Å². The average Bonchev–Trinajstić information content (AvgIpc) is 2.75. The van der Waals surface area contributed by atoms with Gasteiger partial charge in [0.15, 0.2) is 5.82 Å². The lowest BCUT2D eigenvalue weighted by atomic mass is 10.3. The molecule has 1 N–H and O–H groups in total. The van der Waals surface area contributed by atoms with E-state index in [2.05, 4.69) is 25.0 Å². The van der Waals surface area contributed by atoms with Gasteiger partial charge < -0.3 is 9.63 Å². The summed E-state index contributed by atoms with van der Waals surface area (Å²) in [7, 11) is 0. The van der Waals surface area contributed by atoms with Crippen molar-refractivity contribution < 1.29 is 9.63 Å². The van der Waals surface area contributed by atoms with Gasteiger partial charge in [0.1, 0.15) is 12.2 Å². The smallest absolute Gasteiger partial charge is 0.213 e. The largest absolute Gasteiger partial charge is 0.387 e. The van der Waals surface area contributed by atoms with Gasteiger partial charge in [-0.25, -0.2) is 4.68 Å². The number of aliphatic hydroxyl groups excluding tert-OH is 1. The molecule has 0 aliphatic carbocycles. The highest BCUT2D eigenvalue weighted by Crippen LogP contribution is 2.06. The van der Waals surface area contributed by atoms with Crippen molar-refractivity contribution in [2.75, 3.05) is 0 Å². The van der Waals surface area contributed by atoms with E-state index in [0.29, 0.717) is 18.1 Å². The Bertz CT molecular complexity index is 394. The molecular weight excluding hydrogens is 186 g/mol. The van der Waals surface area contributed by atoms with Gasteiger partial charge in [-0.1, -0.05) is 10.4 Å². The Labute approximate surface area is 79.4 Å². The van der Waals surface area contributed by atoms with Crippen LogP contribution in [0.5, 0.6) is 0 Å². The maximum absolute atomic E-state index is 9.20. The van der Waals surface area contributed by atoms with Crippen LogP contribution in [0.1, 0.15) is 24.5 Å². The highest BCUT2D eigenvalue weighted by Gasteiger charge is 2.07. The molecule has 7 nitrogen and oxygen atoms in total. The van der Waals surface area contributed by atoms with Crippen molar-refractivity contribution in [2.45, 2.75) is 19.6 Å². The van der Waals surface area contributed by atoms with E-state index in [4.69, 9.17) is 0 Å². The fourth-order valence-electron chi connectivity index (χ4n) is 0.989. The number of rotatable bonds is 3. The summed E-state index contributed by atoms with van der Waals surface area (Å²) in [4.78, 5) is 3.84. The third-order valence-corrected chi connectivity index (χ3v) is 1.69. The molecule has 7 heteroatoms. The van der Waals surface area contributed by atoms with Crippen LogP contribution in [0.3, 0.4) is 0 Å². The van der Waals surface area contributed by atoms with Gasteiger partial charge in [0.25, 0.3) is 0 Å². The summed E-state index contributed by atoms with van der Waals surface area (Å²) in [5.41, 5.74) is 0.522. The second kappa shape index (κ2) is 3.54. The Morgan fingerprint density at radius 3 is 3.07 bits per heavy atom. The molecule has 0 aromatic carbocycles. The van der Waals surface area contributed by atoms with Gasteiger partial charge in [0.05, 0.1) is 12.3 Å². The number of nitrogens with zero attached hydrogens (tertiary/aromatic N) is 5. The van der Waals surface area contributed by atoms with Crippen LogP contribution in [0.2, 0.25) is 0 Å². The fourth-order valence-corrected chi connectivity index (χ4v) is 0.989. The minimum absolute atomic E-state index is 0.385. The van der Waals surface area contributed by atoms with Crippen LogP contribution in [-0.2, 0) is 6.54 Å². The first-order valence-corrected chi connectivity index (χ1v) is 4.09. The Kier molecular flexibility index (Phi) is 2.23. The third kappa shape index (κ3) is 1.77. The zero-order valence-electron chi connectivity index (χ0n) is 7.53. The molecule has 0 amide bonds. The summed E-state index contributed by atoms with van der Waals surface area (Å²) in [6.07, 6.45) is 2.28. The van der Waals surface area contributed by atoms with Gasteiger partial charge in [-0.3, -0.25) is 0 Å². The highest BCUT2D eigenvalue weighted by atomic mass is 16.5. The molecule has 74 valence electrons. The Morgan fingerprint density at radius 2 is 2.50 bits per heavy atom. The van der Waals surface area contributed by atoms with Crippen molar-refractivity contribution in [3.63, 3.8) is 0 Å². The number of aliphatic hydroxyl groups is 1. The van der Waals surface area contributed by atoms with Crippen molar-refractivity contribution in [3.05, 3.63) is 24.1 Å². The zero-order chi connectivity index (χ0) is 9.97. The molecule has 0 aliphatic rings. The molecule has 0 radical (unpaired) electrons. The van der Waals surface area contributed by atoms with Gasteiger partial charge >= 0.3 is 0 Å². The van der Waals surface area contributed by atoms with Gasteiger partial charge in [0.2, 0.25) is 6.39 Å². The molecule has 14 heavy (non-hydrogen) atoms.